The SMILES string of the molecule is CCCNC(=O)c1sc(N2CCC(N(C)C)CC2)cc1N. The van der Waals surface area contributed by atoms with E-state index in [0.717, 1.165) is 37.4 Å². The Labute approximate surface area is 131 Å². The fraction of sp³-hybridized carbons (Fsp3) is 0.667. The molecule has 0 unspecified atom stereocenters. The van der Waals surface area contributed by atoms with Crippen molar-refractivity contribution < 1.29 is 4.79 Å². The quantitative estimate of drug-likeness (QED) is 0.873. The zero-order valence-corrected chi connectivity index (χ0v) is 14.0. The number of nitrogen functional groups attached to an aromatic ring is 1. The van der Waals surface area contributed by atoms with Gasteiger partial charge < -0.3 is 20.9 Å². The lowest BCUT2D eigenvalue weighted by Crippen LogP contribution is -2.41. The average molecular weight is 310 g/mol. The summed E-state index contributed by atoms with van der Waals surface area (Å²) in [5.41, 5.74) is 6.61. The Kier molecular flexibility index (Phi) is 5.47. The van der Waals surface area contributed by atoms with Crippen LogP contribution >= 0.6 is 11.3 Å². The summed E-state index contributed by atoms with van der Waals surface area (Å²) in [7, 11) is 4.28. The molecule has 6 heteroatoms. The molecule has 21 heavy (non-hydrogen) atoms. The van der Waals surface area contributed by atoms with E-state index < -0.39 is 0 Å². The molecule has 0 saturated carbocycles. The number of amides is 1. The minimum absolute atomic E-state index is 0.0474. The van der Waals surface area contributed by atoms with E-state index >= 15 is 0 Å². The third kappa shape index (κ3) is 3.89. The van der Waals surface area contributed by atoms with Crippen LogP contribution in [0.25, 0.3) is 0 Å². The van der Waals surface area contributed by atoms with Crippen LogP contribution in [0.4, 0.5) is 10.7 Å². The van der Waals surface area contributed by atoms with Gasteiger partial charge in [-0.2, -0.15) is 0 Å². The zero-order valence-electron chi connectivity index (χ0n) is 13.2. The summed E-state index contributed by atoms with van der Waals surface area (Å²) in [6.45, 7) is 4.79. The second-order valence-corrected chi connectivity index (χ2v) is 6.84. The summed E-state index contributed by atoms with van der Waals surface area (Å²) in [6, 6.07) is 2.60. The number of carbonyl (C=O) groups excluding carboxylic acids is 1. The van der Waals surface area contributed by atoms with Crippen LogP contribution in [0.3, 0.4) is 0 Å². The van der Waals surface area contributed by atoms with Crippen LogP contribution < -0.4 is 16.0 Å². The number of nitrogens with zero attached hydrogens (tertiary/aromatic N) is 2. The molecule has 1 saturated heterocycles. The maximum Gasteiger partial charge on any atom is 0.263 e. The normalized spacial score (nSPS) is 16.5. The lowest BCUT2D eigenvalue weighted by Gasteiger charge is -2.35. The lowest BCUT2D eigenvalue weighted by molar-refractivity contribution is 0.0958. The molecule has 2 heterocycles. The van der Waals surface area contributed by atoms with Crippen LogP contribution in [0.1, 0.15) is 35.9 Å². The molecule has 0 aromatic carbocycles. The average Bonchev–Trinajstić information content (AvgIpc) is 2.87. The van der Waals surface area contributed by atoms with Gasteiger partial charge >= 0.3 is 0 Å². The van der Waals surface area contributed by atoms with Crippen molar-refractivity contribution in [2.75, 3.05) is 44.4 Å². The van der Waals surface area contributed by atoms with Gasteiger partial charge in [0.25, 0.3) is 5.91 Å². The second kappa shape index (κ2) is 7.13. The number of thiophene rings is 1. The van der Waals surface area contributed by atoms with Crippen LogP contribution in [0.2, 0.25) is 0 Å². The number of rotatable bonds is 5. The van der Waals surface area contributed by atoms with E-state index in [1.165, 1.54) is 11.3 Å². The molecule has 1 amide bonds. The third-order valence-electron chi connectivity index (χ3n) is 4.00. The van der Waals surface area contributed by atoms with E-state index in [0.29, 0.717) is 23.2 Å². The minimum Gasteiger partial charge on any atom is -0.397 e. The predicted molar refractivity (Wildman–Crippen MR) is 90.3 cm³/mol. The summed E-state index contributed by atoms with van der Waals surface area (Å²) >= 11 is 1.51. The van der Waals surface area contributed by atoms with E-state index in [-0.39, 0.29) is 5.91 Å². The molecule has 2 rings (SSSR count). The van der Waals surface area contributed by atoms with E-state index in [9.17, 15) is 4.79 Å². The van der Waals surface area contributed by atoms with Gasteiger partial charge in [-0.15, -0.1) is 11.3 Å². The monoisotopic (exact) mass is 310 g/mol. The van der Waals surface area contributed by atoms with Crippen molar-refractivity contribution in [3.63, 3.8) is 0 Å². The number of nitrogens with two attached hydrogens (primary N) is 1. The standard InChI is InChI=1S/C15H26N4OS/c1-4-7-17-15(20)14-12(16)10-13(21-14)19-8-5-11(6-9-19)18(2)3/h10-11H,4-9,16H2,1-3H3,(H,17,20). The Morgan fingerprint density at radius 1 is 1.48 bits per heavy atom. The molecule has 5 nitrogen and oxygen atoms in total. The Morgan fingerprint density at radius 3 is 2.71 bits per heavy atom. The Morgan fingerprint density at radius 2 is 2.14 bits per heavy atom. The van der Waals surface area contributed by atoms with E-state index in [2.05, 4.69) is 29.2 Å². The number of carbonyl (C=O) groups is 1. The fourth-order valence-corrected chi connectivity index (χ4v) is 3.69. The second-order valence-electron chi connectivity index (χ2n) is 5.81. The maximum absolute atomic E-state index is 12.1. The number of hydrogen-bond donors (Lipinski definition) is 2. The number of piperidine rings is 1. The van der Waals surface area contributed by atoms with Crippen LogP contribution in [0.5, 0.6) is 0 Å². The Balaban J connectivity index is 2.01. The van der Waals surface area contributed by atoms with Crippen molar-refractivity contribution in [2.24, 2.45) is 0 Å². The van der Waals surface area contributed by atoms with Gasteiger partial charge in [0.1, 0.15) is 4.88 Å². The predicted octanol–water partition coefficient (Wildman–Crippen LogP) is 2.00. The highest BCUT2D eigenvalue weighted by molar-refractivity contribution is 7.18. The highest BCUT2D eigenvalue weighted by Gasteiger charge is 2.23. The van der Waals surface area contributed by atoms with Gasteiger partial charge in [0.15, 0.2) is 0 Å². The number of nitrogens with one attached hydrogen (secondary N) is 1. The molecule has 0 spiro atoms. The van der Waals surface area contributed by atoms with Gasteiger partial charge in [0, 0.05) is 25.7 Å². The van der Waals surface area contributed by atoms with Crippen molar-refractivity contribution in [3.8, 4) is 0 Å². The minimum atomic E-state index is -0.0474. The molecule has 0 bridgehead atoms. The largest absolute Gasteiger partial charge is 0.397 e. The first kappa shape index (κ1) is 16.1. The summed E-state index contributed by atoms with van der Waals surface area (Å²) < 4.78 is 0. The molecule has 1 fully saturated rings. The number of anilines is 2. The molecule has 1 aromatic rings. The lowest BCUT2D eigenvalue weighted by atomic mass is 10.0. The Hall–Kier alpha value is -1.27. The molecule has 0 radical (unpaired) electrons. The smallest absolute Gasteiger partial charge is 0.263 e. The van der Waals surface area contributed by atoms with Crippen molar-refractivity contribution in [3.05, 3.63) is 10.9 Å². The molecule has 1 aliphatic heterocycles. The van der Waals surface area contributed by atoms with Crippen LogP contribution in [-0.2, 0) is 0 Å². The summed E-state index contributed by atoms with van der Waals surface area (Å²) in [5.74, 6) is -0.0474. The first-order valence-corrected chi connectivity index (χ1v) is 8.43. The van der Waals surface area contributed by atoms with Crippen molar-refractivity contribution in [1.82, 2.24) is 10.2 Å². The molecule has 1 aliphatic rings. The van der Waals surface area contributed by atoms with Crippen molar-refractivity contribution in [1.29, 1.82) is 0 Å². The van der Waals surface area contributed by atoms with Gasteiger partial charge in [-0.1, -0.05) is 6.92 Å². The Bertz CT molecular complexity index is 478. The van der Waals surface area contributed by atoms with Crippen LogP contribution in [-0.4, -0.2) is 50.6 Å². The number of hydrogen-bond acceptors (Lipinski definition) is 5. The first-order chi connectivity index (χ1) is 10.0. The molecule has 1 aromatic heterocycles. The highest BCUT2D eigenvalue weighted by atomic mass is 32.1. The van der Waals surface area contributed by atoms with Gasteiger partial charge in [-0.25, -0.2) is 0 Å². The first-order valence-electron chi connectivity index (χ1n) is 7.61. The topological polar surface area (TPSA) is 61.6 Å². The highest BCUT2D eigenvalue weighted by Crippen LogP contribution is 2.34. The van der Waals surface area contributed by atoms with Gasteiger partial charge in [-0.05, 0) is 39.4 Å². The van der Waals surface area contributed by atoms with Crippen molar-refractivity contribution >= 4 is 27.9 Å². The van der Waals surface area contributed by atoms with Crippen molar-refractivity contribution in [2.45, 2.75) is 32.2 Å². The third-order valence-corrected chi connectivity index (χ3v) is 5.21. The summed E-state index contributed by atoms with van der Waals surface area (Å²) in [4.78, 5) is 17.3. The molecule has 118 valence electrons. The summed E-state index contributed by atoms with van der Waals surface area (Å²) in [6.07, 6.45) is 3.24. The molecule has 0 atom stereocenters. The van der Waals surface area contributed by atoms with E-state index in [4.69, 9.17) is 5.73 Å². The van der Waals surface area contributed by atoms with E-state index in [1.807, 2.05) is 13.0 Å². The van der Waals surface area contributed by atoms with Gasteiger partial charge in [0.05, 0.1) is 10.7 Å². The molecular weight excluding hydrogens is 284 g/mol. The molecule has 0 aliphatic carbocycles. The van der Waals surface area contributed by atoms with Gasteiger partial charge in [0.2, 0.25) is 0 Å². The van der Waals surface area contributed by atoms with Crippen LogP contribution in [0.15, 0.2) is 6.07 Å². The fourth-order valence-electron chi connectivity index (χ4n) is 2.65. The maximum atomic E-state index is 12.1. The summed E-state index contributed by atoms with van der Waals surface area (Å²) in [5, 5.41) is 4.01. The molecule has 3 N–H and O–H groups in total. The molecular formula is C15H26N4OS. The van der Waals surface area contributed by atoms with E-state index in [1.54, 1.807) is 0 Å². The zero-order chi connectivity index (χ0) is 15.4. The van der Waals surface area contributed by atoms with Gasteiger partial charge in [-0.3, -0.25) is 4.79 Å². The van der Waals surface area contributed by atoms with Crippen LogP contribution in [0, 0.1) is 0 Å².